The van der Waals surface area contributed by atoms with Gasteiger partial charge in [-0.3, -0.25) is 28.8 Å². The molecule has 0 aromatic carbocycles. The molecular weight excluding hydrogens is 797 g/mol. The molecule has 0 heterocycles. The molecule has 0 aliphatic rings. The van der Waals surface area contributed by atoms with Gasteiger partial charge in [-0.05, 0) is 38.5 Å². The fourth-order valence-electron chi connectivity index (χ4n) is 5.95. The van der Waals surface area contributed by atoms with E-state index in [1.807, 2.05) is 0 Å². The van der Waals surface area contributed by atoms with Crippen LogP contribution in [-0.4, -0.2) is 149 Å². The van der Waals surface area contributed by atoms with Gasteiger partial charge in [-0.1, -0.05) is 77.0 Å². The number of hydrogen-bond acceptors (Lipinski definition) is 12. The lowest BCUT2D eigenvalue weighted by molar-refractivity contribution is -0.142. The summed E-state index contributed by atoms with van der Waals surface area (Å²) in [7, 11) is 5.17. The van der Waals surface area contributed by atoms with Crippen LogP contribution in [0.25, 0.3) is 0 Å². The molecule has 20 heteroatoms. The topological polar surface area (TPSA) is 277 Å². The second kappa shape index (κ2) is 41.5. The van der Waals surface area contributed by atoms with Crippen LogP contribution in [0.2, 0.25) is 0 Å². The fourth-order valence-corrected chi connectivity index (χ4v) is 5.95. The van der Waals surface area contributed by atoms with Crippen molar-refractivity contribution in [2.45, 2.75) is 147 Å². The summed E-state index contributed by atoms with van der Waals surface area (Å²) in [5.41, 5.74) is 0. The maximum absolute atomic E-state index is 12.3. The first-order chi connectivity index (χ1) is 29.5. The lowest BCUT2D eigenvalue weighted by Gasteiger charge is -2.14. The summed E-state index contributed by atoms with van der Waals surface area (Å²) >= 11 is 0. The fraction of sp³-hybridized carbons (Fsp3) is 0.829. The van der Waals surface area contributed by atoms with Crippen molar-refractivity contribution in [1.82, 2.24) is 26.5 Å². The highest BCUT2D eigenvalue weighted by molar-refractivity contribution is 6.06. The van der Waals surface area contributed by atoms with Gasteiger partial charge in [0.15, 0.2) is 7.98 Å². The van der Waals surface area contributed by atoms with E-state index in [4.69, 9.17) is 37.1 Å². The Kier molecular flexibility index (Phi) is 38.9. The predicted molar refractivity (Wildman–Crippen MR) is 227 cm³/mol. The predicted octanol–water partition coefficient (Wildman–Crippen LogP) is 2.37. The van der Waals surface area contributed by atoms with Gasteiger partial charge in [-0.2, -0.15) is 0 Å². The van der Waals surface area contributed by atoms with Gasteiger partial charge in [0.2, 0.25) is 23.6 Å². The number of carboxylic acids is 3. The van der Waals surface area contributed by atoms with Crippen LogP contribution in [0.1, 0.15) is 135 Å². The molecule has 8 N–H and O–H groups in total. The van der Waals surface area contributed by atoms with E-state index in [9.17, 15) is 38.7 Å². The Hall–Kier alpha value is -3.85. The van der Waals surface area contributed by atoms with Crippen molar-refractivity contribution in [2.24, 2.45) is 0 Å². The minimum Gasteiger partial charge on any atom is -0.481 e. The number of carbonyl (C=O) groups is 7. The molecule has 61 heavy (non-hydrogen) atoms. The van der Waals surface area contributed by atoms with Crippen molar-refractivity contribution >= 4 is 49.5 Å². The van der Waals surface area contributed by atoms with Crippen molar-refractivity contribution in [3.8, 4) is 0 Å². The van der Waals surface area contributed by atoms with Gasteiger partial charge in [0.25, 0.3) is 0 Å². The Morgan fingerprint density at radius 1 is 0.410 bits per heavy atom. The molecule has 2 radical (unpaired) electrons. The first-order valence-corrected chi connectivity index (χ1v) is 22.0. The third kappa shape index (κ3) is 40.0. The summed E-state index contributed by atoms with van der Waals surface area (Å²) in [4.78, 5) is 81.2. The number of carboxylic acid groups (broad SMARTS) is 3. The third-order valence-corrected chi connectivity index (χ3v) is 9.43. The zero-order valence-corrected chi connectivity index (χ0v) is 36.2. The Morgan fingerprint density at radius 2 is 0.836 bits per heavy atom. The summed E-state index contributed by atoms with van der Waals surface area (Å²) in [6, 6.07) is -1.96. The number of hydrogen-bond donors (Lipinski definition) is 8. The van der Waals surface area contributed by atoms with Crippen molar-refractivity contribution in [2.75, 3.05) is 72.5 Å². The first kappa shape index (κ1) is 57.2. The Balaban J connectivity index is 3.65. The van der Waals surface area contributed by atoms with Crippen LogP contribution >= 0.6 is 0 Å². The largest absolute Gasteiger partial charge is 0.481 e. The molecule has 0 spiro atoms. The van der Waals surface area contributed by atoms with Crippen molar-refractivity contribution in [3.05, 3.63) is 0 Å². The number of rotatable bonds is 45. The first-order valence-electron chi connectivity index (χ1n) is 22.0. The molecule has 0 rings (SSSR count). The standard InChI is InChI=1S/C41H74BN5O14/c42-47-34(41(56)57)17-15-16-22-43-37(50)31-60-29-28-59-26-24-45-38(51)32-61-30-27-58-25-23-44-35(48)21-20-33(40(54)55)46-36(49)18-13-11-9-7-5-3-1-2-4-6-8-10-12-14-19-39(52)53/h33-34,47H,1-32H2,(H,43,50)(H,44,48)(H,45,51)(H,46,49)(H,52,53)(H,54,55)(H,56,57). The highest BCUT2D eigenvalue weighted by Gasteiger charge is 2.21. The molecule has 4 amide bonds. The summed E-state index contributed by atoms with van der Waals surface area (Å²) in [5.74, 6) is -4.25. The van der Waals surface area contributed by atoms with Crippen LogP contribution in [0.5, 0.6) is 0 Å². The zero-order chi connectivity index (χ0) is 45.2. The zero-order valence-electron chi connectivity index (χ0n) is 36.2. The van der Waals surface area contributed by atoms with Gasteiger partial charge in [0.1, 0.15) is 19.3 Å². The van der Waals surface area contributed by atoms with Crippen LogP contribution < -0.4 is 26.5 Å². The molecule has 0 saturated heterocycles. The normalized spacial score (nSPS) is 12.0. The highest BCUT2D eigenvalue weighted by atomic mass is 16.5. The van der Waals surface area contributed by atoms with E-state index in [1.54, 1.807) is 0 Å². The maximum Gasteiger partial charge on any atom is 0.326 e. The number of carbonyl (C=O) groups excluding carboxylic acids is 4. The Labute approximate surface area is 362 Å². The van der Waals surface area contributed by atoms with Gasteiger partial charge >= 0.3 is 17.9 Å². The lowest BCUT2D eigenvalue weighted by atomic mass is 10.0. The molecule has 350 valence electrons. The minimum atomic E-state index is -1.19. The van der Waals surface area contributed by atoms with E-state index in [1.165, 1.54) is 38.5 Å². The molecule has 0 aliphatic heterocycles. The molecule has 0 aromatic heterocycles. The van der Waals surface area contributed by atoms with Crippen LogP contribution in [0.4, 0.5) is 0 Å². The van der Waals surface area contributed by atoms with E-state index in [0.717, 1.165) is 44.9 Å². The number of unbranched alkanes of at least 4 members (excludes halogenated alkanes) is 14. The van der Waals surface area contributed by atoms with Crippen LogP contribution in [0.15, 0.2) is 0 Å². The molecule has 0 fully saturated rings. The molecule has 2 unspecified atom stereocenters. The summed E-state index contributed by atoms with van der Waals surface area (Å²) in [5, 5.41) is 39.8. The van der Waals surface area contributed by atoms with Crippen LogP contribution in [0, 0.1) is 0 Å². The second-order valence-corrected chi connectivity index (χ2v) is 14.8. The van der Waals surface area contributed by atoms with E-state index in [2.05, 4.69) is 26.5 Å². The number of nitrogens with one attached hydrogen (secondary N) is 5. The van der Waals surface area contributed by atoms with E-state index in [-0.39, 0.29) is 115 Å². The monoisotopic (exact) mass is 872 g/mol. The van der Waals surface area contributed by atoms with E-state index >= 15 is 0 Å². The number of amides is 4. The van der Waals surface area contributed by atoms with Gasteiger partial charge < -0.3 is 60.8 Å². The Bertz CT molecular complexity index is 1200. The van der Waals surface area contributed by atoms with Crippen molar-refractivity contribution in [1.29, 1.82) is 0 Å². The number of ether oxygens (including phenoxy) is 4. The lowest BCUT2D eigenvalue weighted by Crippen LogP contribution is -2.41. The van der Waals surface area contributed by atoms with Crippen LogP contribution in [-0.2, 0) is 52.5 Å². The molecule has 0 aromatic rings. The average molecular weight is 872 g/mol. The summed E-state index contributed by atoms with van der Waals surface area (Å²) in [6.45, 7) is 1.74. The molecule has 0 bridgehead atoms. The number of aliphatic carboxylic acids is 3. The molecule has 0 saturated carbocycles. The summed E-state index contributed by atoms with van der Waals surface area (Å²) in [6.07, 6.45) is 16.9. The van der Waals surface area contributed by atoms with Gasteiger partial charge in [0.05, 0.1) is 45.7 Å². The highest BCUT2D eigenvalue weighted by Crippen LogP contribution is 2.14. The van der Waals surface area contributed by atoms with Gasteiger partial charge in [-0.25, -0.2) is 4.79 Å². The smallest absolute Gasteiger partial charge is 0.326 e. The summed E-state index contributed by atoms with van der Waals surface area (Å²) < 4.78 is 21.2. The van der Waals surface area contributed by atoms with Crippen molar-refractivity contribution < 1.29 is 67.8 Å². The minimum absolute atomic E-state index is 0.0329. The van der Waals surface area contributed by atoms with Crippen LogP contribution in [0.3, 0.4) is 0 Å². The third-order valence-electron chi connectivity index (χ3n) is 9.43. The molecule has 2 atom stereocenters. The molecule has 0 aliphatic carbocycles. The Morgan fingerprint density at radius 3 is 1.30 bits per heavy atom. The van der Waals surface area contributed by atoms with Gasteiger partial charge in [0, 0.05) is 38.9 Å². The van der Waals surface area contributed by atoms with Crippen molar-refractivity contribution in [3.63, 3.8) is 0 Å². The average Bonchev–Trinajstić information content (AvgIpc) is 3.22. The maximum atomic E-state index is 12.3. The molecule has 19 nitrogen and oxygen atoms in total. The van der Waals surface area contributed by atoms with E-state index in [0.29, 0.717) is 32.2 Å². The van der Waals surface area contributed by atoms with Gasteiger partial charge in [-0.15, -0.1) is 0 Å². The van der Waals surface area contributed by atoms with E-state index < -0.39 is 30.0 Å². The molecular formula is C41H74BN5O14. The second-order valence-electron chi connectivity index (χ2n) is 14.8. The SMILES string of the molecule is [B]NC(CCCCNC(=O)COCCOCCNC(=O)COCCOCCNC(=O)CCC(NC(=O)CCCCCCCCCCCCCCCCC(=O)O)C(=O)O)C(=O)O. The quantitative estimate of drug-likeness (QED) is 0.0322.